The molecule has 6 nitrogen and oxygen atoms in total. The maximum atomic E-state index is 11.9. The minimum absolute atomic E-state index is 0.0478. The van der Waals surface area contributed by atoms with Crippen LogP contribution >= 0.6 is 0 Å². The van der Waals surface area contributed by atoms with Crippen LogP contribution in [-0.4, -0.2) is 30.4 Å². The van der Waals surface area contributed by atoms with E-state index in [4.69, 9.17) is 9.47 Å². The molecule has 0 aromatic carbocycles. The van der Waals surface area contributed by atoms with Crippen LogP contribution in [0.1, 0.15) is 48.8 Å². The van der Waals surface area contributed by atoms with E-state index in [0.29, 0.717) is 18.5 Å². The number of pyridine rings is 1. The molecular formula is C24H30N2O4. The third-order valence-electron chi connectivity index (χ3n) is 6.29. The van der Waals surface area contributed by atoms with E-state index >= 15 is 0 Å². The number of aromatic nitrogens is 1. The summed E-state index contributed by atoms with van der Waals surface area (Å²) in [5.41, 5.74) is 6.12. The van der Waals surface area contributed by atoms with Crippen molar-refractivity contribution in [2.75, 3.05) is 14.2 Å². The monoisotopic (exact) mass is 410 g/mol. The average Bonchev–Trinajstić information content (AvgIpc) is 2.96. The zero-order valence-electron chi connectivity index (χ0n) is 17.9. The largest absolute Gasteiger partial charge is 0.501 e. The van der Waals surface area contributed by atoms with Crippen molar-refractivity contribution >= 4 is 5.97 Å². The van der Waals surface area contributed by atoms with E-state index in [1.54, 1.807) is 13.2 Å². The number of carbonyl (C=O) groups excluding carboxylic acids is 1. The predicted molar refractivity (Wildman–Crippen MR) is 115 cm³/mol. The van der Waals surface area contributed by atoms with Crippen LogP contribution in [0, 0.1) is 11.3 Å². The lowest BCUT2D eigenvalue weighted by Crippen LogP contribution is -2.33. The highest BCUT2D eigenvalue weighted by Gasteiger charge is 2.39. The number of hydrogen-bond donors (Lipinski definition) is 2. The summed E-state index contributed by atoms with van der Waals surface area (Å²) in [6.07, 6.45) is 10.3. The molecule has 0 aliphatic heterocycles. The Morgan fingerprint density at radius 3 is 2.70 bits per heavy atom. The highest BCUT2D eigenvalue weighted by molar-refractivity contribution is 5.87. The van der Waals surface area contributed by atoms with Crippen LogP contribution in [0.25, 0.3) is 0 Å². The molecule has 0 saturated heterocycles. The van der Waals surface area contributed by atoms with Gasteiger partial charge in [0.25, 0.3) is 0 Å². The molecule has 1 fully saturated rings. The van der Waals surface area contributed by atoms with E-state index in [1.165, 1.54) is 13.5 Å². The van der Waals surface area contributed by atoms with Gasteiger partial charge in [0, 0.05) is 24.5 Å². The number of rotatable bonds is 8. The van der Waals surface area contributed by atoms with E-state index in [9.17, 15) is 10.0 Å². The third kappa shape index (κ3) is 4.49. The highest BCUT2D eigenvalue weighted by atomic mass is 16.5. The molecule has 6 heteroatoms. The number of ether oxygens (including phenoxy) is 2. The SMILES string of the molecule is C=C(C(Cc1cccc(C(=O)OC)n1)C1=CC=C(OC)CC=C1NO)C1(C)CCC1. The van der Waals surface area contributed by atoms with E-state index in [1.807, 2.05) is 30.4 Å². The van der Waals surface area contributed by atoms with Crippen molar-refractivity contribution in [3.05, 3.63) is 77.0 Å². The number of allylic oxidation sites excluding steroid dienone is 5. The predicted octanol–water partition coefficient (Wildman–Crippen LogP) is 4.50. The summed E-state index contributed by atoms with van der Waals surface area (Å²) >= 11 is 0. The fraction of sp³-hybridized carbons (Fsp3) is 0.417. The Labute approximate surface area is 178 Å². The summed E-state index contributed by atoms with van der Waals surface area (Å²) in [4.78, 5) is 16.4. The molecule has 2 aliphatic carbocycles. The lowest BCUT2D eigenvalue weighted by Gasteiger charge is -2.44. The number of esters is 1. The van der Waals surface area contributed by atoms with Crippen molar-refractivity contribution < 1.29 is 19.5 Å². The number of carbonyl (C=O) groups is 1. The molecule has 160 valence electrons. The molecule has 1 unspecified atom stereocenters. The Morgan fingerprint density at radius 2 is 2.10 bits per heavy atom. The summed E-state index contributed by atoms with van der Waals surface area (Å²) in [6, 6.07) is 5.36. The molecule has 1 aromatic heterocycles. The van der Waals surface area contributed by atoms with Gasteiger partial charge in [-0.15, -0.1) is 0 Å². The maximum Gasteiger partial charge on any atom is 0.356 e. The zero-order chi connectivity index (χ0) is 21.7. The number of hydroxylamine groups is 1. The van der Waals surface area contributed by atoms with Crippen molar-refractivity contribution in [2.24, 2.45) is 11.3 Å². The number of nitrogens with one attached hydrogen (secondary N) is 1. The van der Waals surface area contributed by atoms with Gasteiger partial charge < -0.3 is 9.47 Å². The zero-order valence-corrected chi connectivity index (χ0v) is 17.9. The molecule has 0 radical (unpaired) electrons. The number of methoxy groups -OCH3 is 2. The first-order valence-corrected chi connectivity index (χ1v) is 10.2. The topological polar surface area (TPSA) is 80.7 Å². The summed E-state index contributed by atoms with van der Waals surface area (Å²) in [7, 11) is 2.98. The van der Waals surface area contributed by atoms with Crippen molar-refractivity contribution in [1.29, 1.82) is 0 Å². The van der Waals surface area contributed by atoms with Gasteiger partial charge in [0.15, 0.2) is 0 Å². The minimum atomic E-state index is -0.461. The first-order valence-electron chi connectivity index (χ1n) is 10.2. The Balaban J connectivity index is 2.01. The van der Waals surface area contributed by atoms with Crippen molar-refractivity contribution in [2.45, 2.75) is 39.0 Å². The molecule has 2 N–H and O–H groups in total. The molecule has 1 saturated carbocycles. The van der Waals surface area contributed by atoms with E-state index < -0.39 is 5.97 Å². The Kier molecular flexibility index (Phi) is 6.77. The fourth-order valence-electron chi connectivity index (χ4n) is 4.12. The van der Waals surface area contributed by atoms with Gasteiger partial charge in [0.1, 0.15) is 5.69 Å². The second-order valence-corrected chi connectivity index (χ2v) is 8.09. The molecule has 30 heavy (non-hydrogen) atoms. The van der Waals surface area contributed by atoms with Gasteiger partial charge >= 0.3 is 5.97 Å². The molecule has 1 atom stereocenters. The first-order chi connectivity index (χ1) is 14.4. The number of nitrogens with zero attached hydrogens (tertiary/aromatic N) is 1. The summed E-state index contributed by atoms with van der Waals surface area (Å²) in [5, 5.41) is 9.84. The van der Waals surface area contributed by atoms with Gasteiger partial charge in [0.05, 0.1) is 25.7 Å². The summed E-state index contributed by atoms with van der Waals surface area (Å²) < 4.78 is 10.2. The second-order valence-electron chi connectivity index (χ2n) is 8.09. The lowest BCUT2D eigenvalue weighted by atomic mass is 9.61. The third-order valence-corrected chi connectivity index (χ3v) is 6.29. The van der Waals surface area contributed by atoms with Gasteiger partial charge in [-0.25, -0.2) is 9.78 Å². The van der Waals surface area contributed by atoms with Gasteiger partial charge in [-0.1, -0.05) is 43.7 Å². The van der Waals surface area contributed by atoms with Gasteiger partial charge in [-0.05, 0) is 42.0 Å². The normalized spacial score (nSPS) is 18.6. The second kappa shape index (κ2) is 9.30. The van der Waals surface area contributed by atoms with Crippen molar-refractivity contribution in [1.82, 2.24) is 10.5 Å². The number of hydrogen-bond acceptors (Lipinski definition) is 6. The van der Waals surface area contributed by atoms with Crippen molar-refractivity contribution in [3.8, 4) is 0 Å². The van der Waals surface area contributed by atoms with Crippen LogP contribution in [-0.2, 0) is 15.9 Å². The molecule has 2 aliphatic rings. The molecular weight excluding hydrogens is 380 g/mol. The average molecular weight is 411 g/mol. The van der Waals surface area contributed by atoms with Gasteiger partial charge in [-0.3, -0.25) is 10.7 Å². The van der Waals surface area contributed by atoms with E-state index in [2.05, 4.69) is 24.0 Å². The Morgan fingerprint density at radius 1 is 1.33 bits per heavy atom. The first kappa shape index (κ1) is 21.8. The Hall–Kier alpha value is -2.86. The van der Waals surface area contributed by atoms with Gasteiger partial charge in [0.2, 0.25) is 0 Å². The molecule has 0 amide bonds. The van der Waals surface area contributed by atoms with E-state index in [-0.39, 0.29) is 17.0 Å². The minimum Gasteiger partial charge on any atom is -0.501 e. The van der Waals surface area contributed by atoms with Crippen LogP contribution in [0.5, 0.6) is 0 Å². The van der Waals surface area contributed by atoms with Crippen LogP contribution in [0.3, 0.4) is 0 Å². The molecule has 1 aromatic rings. The highest BCUT2D eigenvalue weighted by Crippen LogP contribution is 2.50. The lowest BCUT2D eigenvalue weighted by molar-refractivity contribution is 0.0593. The summed E-state index contributed by atoms with van der Waals surface area (Å²) in [5.74, 6) is 0.258. The maximum absolute atomic E-state index is 11.9. The van der Waals surface area contributed by atoms with Gasteiger partial charge in [-0.2, -0.15) is 0 Å². The van der Waals surface area contributed by atoms with Crippen LogP contribution in [0.4, 0.5) is 0 Å². The smallest absolute Gasteiger partial charge is 0.356 e. The Bertz CT molecular complexity index is 910. The van der Waals surface area contributed by atoms with Crippen LogP contribution in [0.15, 0.2) is 65.6 Å². The van der Waals surface area contributed by atoms with Crippen LogP contribution < -0.4 is 5.48 Å². The van der Waals surface area contributed by atoms with Crippen LogP contribution in [0.2, 0.25) is 0 Å². The van der Waals surface area contributed by atoms with E-state index in [0.717, 1.165) is 35.4 Å². The quantitative estimate of drug-likeness (QED) is 0.373. The molecule has 3 rings (SSSR count). The molecule has 1 heterocycles. The molecule has 0 bridgehead atoms. The molecule has 0 spiro atoms. The standard InChI is InChI=1S/C24H30N2O4/c1-16(24(2)13-6-14-24)20(15-17-7-5-8-22(25-17)23(27)30-4)19-11-9-18(29-3)10-12-21(19)26-28/h5,7-9,11-12,20,26,28H,1,6,10,13-15H2,2-4H3. The summed E-state index contributed by atoms with van der Waals surface area (Å²) in [6.45, 7) is 6.73. The van der Waals surface area contributed by atoms with Crippen molar-refractivity contribution in [3.63, 3.8) is 0 Å². The fourth-order valence-corrected chi connectivity index (χ4v) is 4.12.